The van der Waals surface area contributed by atoms with Crippen molar-refractivity contribution in [3.8, 4) is 11.5 Å². The number of ether oxygens (including phenoxy) is 2. The van der Waals surface area contributed by atoms with Crippen LogP contribution in [0.5, 0.6) is 11.5 Å². The lowest BCUT2D eigenvalue weighted by Gasteiger charge is -2.08. The Kier molecular flexibility index (Phi) is 9.70. The van der Waals surface area contributed by atoms with Crippen LogP contribution < -0.4 is 0 Å². The van der Waals surface area contributed by atoms with Crippen molar-refractivity contribution >= 4 is 0 Å². The van der Waals surface area contributed by atoms with Gasteiger partial charge in [-0.3, -0.25) is 0 Å². The minimum atomic E-state index is 0.169. The second-order valence-corrected chi connectivity index (χ2v) is 4.86. The van der Waals surface area contributed by atoms with E-state index in [4.69, 9.17) is 19.7 Å². The Morgan fingerprint density at radius 3 is 1.00 bits per heavy atom. The molecule has 0 spiro atoms. The Hall–Kier alpha value is -1.26. The molecule has 0 saturated carbocycles. The van der Waals surface area contributed by atoms with Crippen molar-refractivity contribution < 1.29 is 19.7 Å². The van der Waals surface area contributed by atoms with Crippen molar-refractivity contribution in [3.63, 3.8) is 0 Å². The van der Waals surface area contributed by atoms with Crippen molar-refractivity contribution in [2.45, 2.75) is 38.5 Å². The number of phenolic OH excluding ortho intramolecular Hbond substituents is 2. The molecular formula is C16H26O4. The molecule has 0 amide bonds. The summed E-state index contributed by atoms with van der Waals surface area (Å²) in [6.45, 7) is 4.00. The third kappa shape index (κ3) is 9.64. The molecule has 1 aromatic carbocycles. The molecule has 20 heavy (non-hydrogen) atoms. The lowest BCUT2D eigenvalue weighted by molar-refractivity contribution is 0.0967. The van der Waals surface area contributed by atoms with E-state index in [2.05, 4.69) is 0 Å². The van der Waals surface area contributed by atoms with Crippen LogP contribution >= 0.6 is 0 Å². The zero-order valence-electron chi connectivity index (χ0n) is 12.1. The number of phenols is 2. The Morgan fingerprint density at radius 1 is 0.550 bits per heavy atom. The lowest BCUT2D eigenvalue weighted by Crippen LogP contribution is -2.03. The van der Waals surface area contributed by atoms with E-state index in [1.54, 1.807) is 0 Å². The normalized spacial score (nSPS) is 18.0. The Bertz CT molecular complexity index is 260. The van der Waals surface area contributed by atoms with Crippen molar-refractivity contribution in [1.82, 2.24) is 0 Å². The van der Waals surface area contributed by atoms with E-state index in [0.29, 0.717) is 0 Å². The first-order valence-corrected chi connectivity index (χ1v) is 7.42. The summed E-state index contributed by atoms with van der Waals surface area (Å²) in [6, 6.07) is 5.70. The lowest BCUT2D eigenvalue weighted by atomic mass is 10.2. The van der Waals surface area contributed by atoms with Gasteiger partial charge in [0.25, 0.3) is 0 Å². The first-order valence-electron chi connectivity index (χ1n) is 7.42. The van der Waals surface area contributed by atoms with Gasteiger partial charge in [0.15, 0.2) is 0 Å². The maximum absolute atomic E-state index is 8.65. The highest BCUT2D eigenvalue weighted by molar-refractivity contribution is 5.28. The SMILES string of the molecule is C1CCOCC1.C1CCOCC1.Oc1ccc(O)cc1. The van der Waals surface area contributed by atoms with Gasteiger partial charge in [0.1, 0.15) is 11.5 Å². The minimum absolute atomic E-state index is 0.169. The van der Waals surface area contributed by atoms with Crippen molar-refractivity contribution in [3.05, 3.63) is 24.3 Å². The fraction of sp³-hybridized carbons (Fsp3) is 0.625. The number of aromatic hydroxyl groups is 2. The average molecular weight is 282 g/mol. The molecule has 0 bridgehead atoms. The summed E-state index contributed by atoms with van der Waals surface area (Å²) < 4.78 is 10.1. The molecule has 2 N–H and O–H groups in total. The molecule has 2 aliphatic rings. The quantitative estimate of drug-likeness (QED) is 0.715. The van der Waals surface area contributed by atoms with Gasteiger partial charge < -0.3 is 19.7 Å². The summed E-state index contributed by atoms with van der Waals surface area (Å²) in [4.78, 5) is 0. The summed E-state index contributed by atoms with van der Waals surface area (Å²) in [6.07, 6.45) is 7.86. The van der Waals surface area contributed by atoms with Gasteiger partial charge in [0, 0.05) is 26.4 Å². The highest BCUT2D eigenvalue weighted by Gasteiger charge is 1.95. The molecule has 2 fully saturated rings. The predicted molar refractivity (Wildman–Crippen MR) is 79.1 cm³/mol. The Labute approximate surface area is 121 Å². The van der Waals surface area contributed by atoms with E-state index < -0.39 is 0 Å². The highest BCUT2D eigenvalue weighted by Crippen LogP contribution is 2.13. The van der Waals surface area contributed by atoms with Crippen LogP contribution in [0.4, 0.5) is 0 Å². The van der Waals surface area contributed by atoms with Crippen LogP contribution in [0.3, 0.4) is 0 Å². The van der Waals surface area contributed by atoms with Gasteiger partial charge in [0.2, 0.25) is 0 Å². The van der Waals surface area contributed by atoms with E-state index >= 15 is 0 Å². The van der Waals surface area contributed by atoms with Crippen molar-refractivity contribution in [1.29, 1.82) is 0 Å². The zero-order chi connectivity index (χ0) is 14.5. The number of rotatable bonds is 0. The summed E-state index contributed by atoms with van der Waals surface area (Å²) in [5, 5.41) is 17.3. The van der Waals surface area contributed by atoms with Gasteiger partial charge in [-0.2, -0.15) is 0 Å². The molecule has 4 heteroatoms. The number of hydrogen-bond acceptors (Lipinski definition) is 4. The molecule has 0 atom stereocenters. The van der Waals surface area contributed by atoms with Crippen LogP contribution in [-0.2, 0) is 9.47 Å². The van der Waals surface area contributed by atoms with Gasteiger partial charge in [-0.05, 0) is 62.8 Å². The van der Waals surface area contributed by atoms with Crippen LogP contribution in [0.15, 0.2) is 24.3 Å². The van der Waals surface area contributed by atoms with Gasteiger partial charge in [-0.15, -0.1) is 0 Å². The van der Waals surface area contributed by atoms with Crippen LogP contribution in [0, 0.1) is 0 Å². The molecule has 0 radical (unpaired) electrons. The third-order valence-corrected chi connectivity index (χ3v) is 3.00. The Balaban J connectivity index is 0.000000152. The van der Waals surface area contributed by atoms with E-state index in [-0.39, 0.29) is 11.5 Å². The van der Waals surface area contributed by atoms with Crippen LogP contribution in [0.25, 0.3) is 0 Å². The second-order valence-electron chi connectivity index (χ2n) is 4.86. The van der Waals surface area contributed by atoms with E-state index in [0.717, 1.165) is 26.4 Å². The largest absolute Gasteiger partial charge is 0.508 e. The highest BCUT2D eigenvalue weighted by atomic mass is 16.5. The molecule has 3 rings (SSSR count). The molecule has 0 aliphatic carbocycles. The summed E-state index contributed by atoms with van der Waals surface area (Å²) >= 11 is 0. The van der Waals surface area contributed by atoms with Gasteiger partial charge >= 0.3 is 0 Å². The molecule has 2 heterocycles. The van der Waals surface area contributed by atoms with Gasteiger partial charge in [-0.1, -0.05) is 0 Å². The molecule has 2 aliphatic heterocycles. The van der Waals surface area contributed by atoms with E-state index in [1.165, 1.54) is 62.8 Å². The fourth-order valence-corrected chi connectivity index (χ4v) is 1.83. The summed E-state index contributed by atoms with van der Waals surface area (Å²) in [7, 11) is 0. The molecule has 0 aromatic heterocycles. The third-order valence-electron chi connectivity index (χ3n) is 3.00. The number of benzene rings is 1. The summed E-state index contributed by atoms with van der Waals surface area (Å²) in [5.41, 5.74) is 0. The first kappa shape index (κ1) is 16.8. The van der Waals surface area contributed by atoms with Crippen molar-refractivity contribution in [2.24, 2.45) is 0 Å². The molecule has 114 valence electrons. The standard InChI is InChI=1S/C6H6O2.2C5H10O/c7-5-1-2-6(8)4-3-5;2*1-2-4-6-5-3-1/h1-4,7-8H;2*1-5H2. The maximum Gasteiger partial charge on any atom is 0.115 e. The van der Waals surface area contributed by atoms with Gasteiger partial charge in [0.05, 0.1) is 0 Å². The maximum atomic E-state index is 8.65. The molecule has 2 saturated heterocycles. The molecule has 0 unspecified atom stereocenters. The Morgan fingerprint density at radius 2 is 0.850 bits per heavy atom. The molecule has 4 nitrogen and oxygen atoms in total. The smallest absolute Gasteiger partial charge is 0.115 e. The second kappa shape index (κ2) is 11.6. The topological polar surface area (TPSA) is 58.9 Å². The average Bonchev–Trinajstić information content (AvgIpc) is 2.55. The monoisotopic (exact) mass is 282 g/mol. The van der Waals surface area contributed by atoms with Crippen LogP contribution in [0.1, 0.15) is 38.5 Å². The van der Waals surface area contributed by atoms with Gasteiger partial charge in [-0.25, -0.2) is 0 Å². The summed E-state index contributed by atoms with van der Waals surface area (Å²) in [5.74, 6) is 0.339. The number of hydrogen-bond donors (Lipinski definition) is 2. The minimum Gasteiger partial charge on any atom is -0.508 e. The first-order chi connectivity index (χ1) is 9.79. The zero-order valence-corrected chi connectivity index (χ0v) is 12.1. The van der Waals surface area contributed by atoms with E-state index in [1.807, 2.05) is 0 Å². The van der Waals surface area contributed by atoms with Crippen LogP contribution in [-0.4, -0.2) is 36.6 Å². The van der Waals surface area contributed by atoms with Crippen molar-refractivity contribution in [2.75, 3.05) is 26.4 Å². The molecule has 1 aromatic rings. The van der Waals surface area contributed by atoms with Crippen LogP contribution in [0.2, 0.25) is 0 Å². The van der Waals surface area contributed by atoms with E-state index in [9.17, 15) is 0 Å². The predicted octanol–water partition coefficient (Wildman–Crippen LogP) is 3.47. The fourth-order valence-electron chi connectivity index (χ4n) is 1.83. The molecular weight excluding hydrogens is 256 g/mol.